The van der Waals surface area contributed by atoms with Crippen LogP contribution in [0, 0.1) is 0 Å². The molecule has 1 aliphatic heterocycles. The van der Waals surface area contributed by atoms with Crippen LogP contribution in [0.15, 0.2) is 24.3 Å². The number of rotatable bonds is 6. The lowest BCUT2D eigenvalue weighted by atomic mass is 10.2. The number of likely N-dealkylation sites (N-methyl/N-ethyl adjacent to an activating group) is 1. The summed E-state index contributed by atoms with van der Waals surface area (Å²) in [5.41, 5.74) is 0.732. The predicted octanol–water partition coefficient (Wildman–Crippen LogP) is 0.393. The molecule has 0 aromatic heterocycles. The second kappa shape index (κ2) is 7.78. The number of halogens is 1. The van der Waals surface area contributed by atoms with Gasteiger partial charge in [0.2, 0.25) is 0 Å². The Morgan fingerprint density at radius 3 is 2.62 bits per heavy atom. The van der Waals surface area contributed by atoms with Gasteiger partial charge in [-0.25, -0.2) is 4.79 Å². The summed E-state index contributed by atoms with van der Waals surface area (Å²) in [6.45, 7) is -0.899. The highest BCUT2D eigenvalue weighted by atomic mass is 35.5. The molecule has 0 spiro atoms. The number of urea groups is 1. The van der Waals surface area contributed by atoms with Crippen LogP contribution < -0.4 is 5.32 Å². The minimum absolute atomic E-state index is 0.0789. The molecule has 1 saturated heterocycles. The van der Waals surface area contributed by atoms with Gasteiger partial charge in [0, 0.05) is 18.6 Å². The van der Waals surface area contributed by atoms with Crippen LogP contribution in [0.1, 0.15) is 5.56 Å². The summed E-state index contributed by atoms with van der Waals surface area (Å²) < 4.78 is 4.77. The minimum atomic E-state index is -0.833. The average molecular weight is 354 g/mol. The van der Waals surface area contributed by atoms with Crippen LogP contribution in [0.3, 0.4) is 0 Å². The molecule has 1 N–H and O–H groups in total. The number of esters is 1. The lowest BCUT2D eigenvalue weighted by Gasteiger charge is -2.13. The minimum Gasteiger partial charge on any atom is -0.454 e. The van der Waals surface area contributed by atoms with Crippen molar-refractivity contribution in [3.05, 3.63) is 34.9 Å². The van der Waals surface area contributed by atoms with Crippen LogP contribution in [0.5, 0.6) is 0 Å². The normalized spacial score (nSPS) is 14.1. The maximum absolute atomic E-state index is 11.7. The van der Waals surface area contributed by atoms with Gasteiger partial charge in [0.1, 0.15) is 13.1 Å². The smallest absolute Gasteiger partial charge is 0.327 e. The Bertz CT molecular complexity index is 679. The zero-order valence-electron chi connectivity index (χ0n) is 13.0. The molecule has 1 aliphatic rings. The molecule has 0 bridgehead atoms. The molecule has 128 valence electrons. The number of nitrogens with one attached hydrogen (secondary N) is 1. The number of carbonyl (C=O) groups is 4. The van der Waals surface area contributed by atoms with Crippen LogP contribution in [-0.2, 0) is 25.7 Å². The molecule has 8 nitrogen and oxygen atoms in total. The van der Waals surface area contributed by atoms with Crippen molar-refractivity contribution < 1.29 is 23.9 Å². The van der Waals surface area contributed by atoms with E-state index in [0.29, 0.717) is 5.02 Å². The molecule has 0 unspecified atom stereocenters. The molecule has 1 fully saturated rings. The number of nitrogens with zero attached hydrogens (tertiary/aromatic N) is 2. The quantitative estimate of drug-likeness (QED) is 0.589. The lowest BCUT2D eigenvalue weighted by Crippen LogP contribution is -2.38. The second-order valence-corrected chi connectivity index (χ2v) is 5.55. The second-order valence-electron chi connectivity index (χ2n) is 5.15. The van der Waals surface area contributed by atoms with Crippen molar-refractivity contribution in [3.8, 4) is 0 Å². The van der Waals surface area contributed by atoms with Crippen molar-refractivity contribution >= 4 is 35.4 Å². The fraction of sp³-hybridized carbons (Fsp3) is 0.333. The Hall–Kier alpha value is -2.61. The molecule has 0 atom stereocenters. The highest BCUT2D eigenvalue weighted by Crippen LogP contribution is 2.14. The maximum atomic E-state index is 11.7. The van der Waals surface area contributed by atoms with Crippen molar-refractivity contribution in [1.82, 2.24) is 15.1 Å². The highest BCUT2D eigenvalue weighted by Gasteiger charge is 2.35. The Labute approximate surface area is 143 Å². The van der Waals surface area contributed by atoms with Crippen molar-refractivity contribution in [1.29, 1.82) is 0 Å². The van der Waals surface area contributed by atoms with Gasteiger partial charge in [-0.2, -0.15) is 0 Å². The van der Waals surface area contributed by atoms with Crippen molar-refractivity contribution in [2.24, 2.45) is 0 Å². The third kappa shape index (κ3) is 4.45. The number of hydrogen-bond donors (Lipinski definition) is 1. The van der Waals surface area contributed by atoms with Gasteiger partial charge in [0.15, 0.2) is 6.61 Å². The summed E-state index contributed by atoms with van der Waals surface area (Å²) in [7, 11) is 1.45. The van der Waals surface area contributed by atoms with Gasteiger partial charge >= 0.3 is 12.0 Å². The van der Waals surface area contributed by atoms with Gasteiger partial charge in [0.25, 0.3) is 11.8 Å². The molecule has 0 radical (unpaired) electrons. The molecular weight excluding hydrogens is 338 g/mol. The van der Waals surface area contributed by atoms with Crippen molar-refractivity contribution in [2.45, 2.75) is 6.54 Å². The number of hydrogen-bond acceptors (Lipinski definition) is 5. The van der Waals surface area contributed by atoms with E-state index < -0.39 is 37.0 Å². The van der Waals surface area contributed by atoms with Gasteiger partial charge in [0.05, 0.1) is 0 Å². The SMILES string of the molecule is CN1CC(=O)N(CC(=O)OCC(=O)NCc2ccccc2Cl)C1=O. The van der Waals surface area contributed by atoms with Crippen LogP contribution >= 0.6 is 11.6 Å². The van der Waals surface area contributed by atoms with Crippen molar-refractivity contribution in [3.63, 3.8) is 0 Å². The molecule has 2 rings (SSSR count). The van der Waals surface area contributed by atoms with Crippen LogP contribution in [0.2, 0.25) is 5.02 Å². The topological polar surface area (TPSA) is 96.0 Å². The molecule has 4 amide bonds. The van der Waals surface area contributed by atoms with Crippen LogP contribution in [-0.4, -0.2) is 60.4 Å². The zero-order valence-corrected chi connectivity index (χ0v) is 13.7. The average Bonchev–Trinajstić information content (AvgIpc) is 2.78. The Morgan fingerprint density at radius 1 is 1.29 bits per heavy atom. The Balaban J connectivity index is 1.74. The molecule has 1 aromatic rings. The molecule has 0 saturated carbocycles. The van der Waals surface area contributed by atoms with E-state index in [1.165, 1.54) is 11.9 Å². The van der Waals surface area contributed by atoms with E-state index in [-0.39, 0.29) is 13.1 Å². The first-order valence-corrected chi connectivity index (χ1v) is 7.47. The molecule has 0 aliphatic carbocycles. The van der Waals surface area contributed by atoms with Gasteiger partial charge in [-0.1, -0.05) is 29.8 Å². The molecular formula is C15H16ClN3O5. The van der Waals surface area contributed by atoms with Crippen LogP contribution in [0.4, 0.5) is 4.79 Å². The Kier molecular flexibility index (Phi) is 5.75. The summed E-state index contributed by atoms with van der Waals surface area (Å²) in [4.78, 5) is 48.4. The van der Waals surface area contributed by atoms with E-state index in [1.54, 1.807) is 24.3 Å². The molecule has 24 heavy (non-hydrogen) atoms. The number of benzene rings is 1. The van der Waals surface area contributed by atoms with E-state index >= 15 is 0 Å². The Morgan fingerprint density at radius 2 is 2.00 bits per heavy atom. The first-order valence-electron chi connectivity index (χ1n) is 7.09. The summed E-state index contributed by atoms with van der Waals surface area (Å²) in [5.74, 6) is -1.83. The molecule has 1 heterocycles. The van der Waals surface area contributed by atoms with E-state index in [1.807, 2.05) is 0 Å². The van der Waals surface area contributed by atoms with Crippen LogP contribution in [0.25, 0.3) is 0 Å². The molecule has 1 aromatic carbocycles. The first kappa shape index (κ1) is 17.7. The summed E-state index contributed by atoms with van der Waals surface area (Å²) >= 11 is 5.96. The highest BCUT2D eigenvalue weighted by molar-refractivity contribution is 6.31. The van der Waals surface area contributed by atoms with Gasteiger partial charge in [-0.3, -0.25) is 19.3 Å². The van der Waals surface area contributed by atoms with E-state index in [2.05, 4.69) is 5.32 Å². The largest absolute Gasteiger partial charge is 0.454 e. The maximum Gasteiger partial charge on any atom is 0.327 e. The fourth-order valence-corrected chi connectivity index (χ4v) is 2.23. The van der Waals surface area contributed by atoms with Gasteiger partial charge in [-0.05, 0) is 11.6 Å². The van der Waals surface area contributed by atoms with E-state index in [9.17, 15) is 19.2 Å². The summed E-state index contributed by atoms with van der Waals surface area (Å²) in [5, 5.41) is 3.08. The number of imide groups is 1. The summed E-state index contributed by atoms with van der Waals surface area (Å²) in [6, 6.07) is 6.45. The third-order valence-electron chi connectivity index (χ3n) is 3.32. The first-order chi connectivity index (χ1) is 11.4. The summed E-state index contributed by atoms with van der Waals surface area (Å²) in [6.07, 6.45) is 0. The standard InChI is InChI=1S/C15H16ClN3O5/c1-18-7-13(21)19(15(18)23)8-14(22)24-9-12(20)17-6-10-4-2-3-5-11(10)16/h2-5H,6-9H2,1H3,(H,17,20). The van der Waals surface area contributed by atoms with Gasteiger partial charge < -0.3 is 15.0 Å². The van der Waals surface area contributed by atoms with E-state index in [4.69, 9.17) is 16.3 Å². The monoisotopic (exact) mass is 353 g/mol. The predicted molar refractivity (Wildman–Crippen MR) is 84.0 cm³/mol. The number of carbonyl (C=O) groups excluding carboxylic acids is 4. The van der Waals surface area contributed by atoms with E-state index in [0.717, 1.165) is 10.5 Å². The third-order valence-corrected chi connectivity index (χ3v) is 3.68. The number of ether oxygens (including phenoxy) is 1. The van der Waals surface area contributed by atoms with Crippen molar-refractivity contribution in [2.75, 3.05) is 26.7 Å². The molecule has 9 heteroatoms. The fourth-order valence-electron chi connectivity index (χ4n) is 2.03. The zero-order chi connectivity index (χ0) is 17.7. The van der Waals surface area contributed by atoms with Gasteiger partial charge in [-0.15, -0.1) is 0 Å². The lowest BCUT2D eigenvalue weighted by molar-refractivity contribution is -0.150. The number of amides is 4.